The van der Waals surface area contributed by atoms with Crippen molar-refractivity contribution in [1.29, 1.82) is 0 Å². The van der Waals surface area contributed by atoms with Crippen molar-refractivity contribution in [3.63, 3.8) is 0 Å². The van der Waals surface area contributed by atoms with Gasteiger partial charge in [-0.15, -0.1) is 0 Å². The predicted octanol–water partition coefficient (Wildman–Crippen LogP) is 2.66. The molecule has 0 spiro atoms. The first-order valence-electron chi connectivity index (χ1n) is 7.32. The second-order valence-corrected chi connectivity index (χ2v) is 5.19. The van der Waals surface area contributed by atoms with Gasteiger partial charge in [-0.05, 0) is 51.4 Å². The molecule has 0 aliphatic heterocycles. The molecular weight excluding hydrogens is 250 g/mol. The smallest absolute Gasteiger partial charge is 0.147 e. The van der Waals surface area contributed by atoms with E-state index in [9.17, 15) is 0 Å². The second-order valence-electron chi connectivity index (χ2n) is 5.19. The molecule has 5 nitrogen and oxygen atoms in total. The number of nitrogen functional groups attached to an aromatic ring is 1. The summed E-state index contributed by atoms with van der Waals surface area (Å²) in [6.07, 6.45) is 6.59. The lowest BCUT2D eigenvalue weighted by Crippen LogP contribution is -2.28. The third-order valence-corrected chi connectivity index (χ3v) is 3.46. The Morgan fingerprint density at radius 1 is 1.40 bits per heavy atom. The van der Waals surface area contributed by atoms with E-state index < -0.39 is 0 Å². The van der Waals surface area contributed by atoms with Gasteiger partial charge in [-0.2, -0.15) is 0 Å². The van der Waals surface area contributed by atoms with E-state index in [4.69, 9.17) is 5.73 Å². The largest absolute Gasteiger partial charge is 0.382 e. The van der Waals surface area contributed by atoms with Crippen molar-refractivity contribution < 1.29 is 0 Å². The molecule has 112 valence electrons. The van der Waals surface area contributed by atoms with Crippen molar-refractivity contribution in [2.75, 3.05) is 24.1 Å². The molecule has 1 heterocycles. The summed E-state index contributed by atoms with van der Waals surface area (Å²) in [4.78, 5) is 8.68. The summed E-state index contributed by atoms with van der Waals surface area (Å²) in [5.74, 6) is 0.488. The Hall–Kier alpha value is -1.62. The predicted molar refractivity (Wildman–Crippen MR) is 87.2 cm³/mol. The minimum absolute atomic E-state index is 0.0509. The number of nitrogens with zero attached hydrogens (tertiary/aromatic N) is 2. The van der Waals surface area contributed by atoms with E-state index in [0.29, 0.717) is 5.82 Å². The molecule has 0 aliphatic carbocycles. The Kier molecular flexibility index (Phi) is 7.01. The summed E-state index contributed by atoms with van der Waals surface area (Å²) in [6, 6.07) is 3.74. The Balaban J connectivity index is 2.49. The highest BCUT2D eigenvalue weighted by molar-refractivity contribution is 5.80. The summed E-state index contributed by atoms with van der Waals surface area (Å²) in [5.41, 5.74) is 6.51. The van der Waals surface area contributed by atoms with E-state index >= 15 is 0 Å². The Labute approximate surface area is 122 Å². The lowest BCUT2D eigenvalue weighted by Gasteiger charge is -2.23. The van der Waals surface area contributed by atoms with Crippen LogP contribution in [0, 0.1) is 0 Å². The molecule has 1 rings (SSSR count). The highest BCUT2D eigenvalue weighted by Crippen LogP contribution is 2.19. The fourth-order valence-corrected chi connectivity index (χ4v) is 1.79. The van der Waals surface area contributed by atoms with Crippen molar-refractivity contribution in [2.24, 2.45) is 4.99 Å². The standard InChI is InChI=1S/C15H27N5/c1-4-9-17-11-8-15(3,5-2)20-12-19-13-7-6-10-18-14(13)16/h6-7,10,12,17H,4-5,8-9,11H2,1-3H3,(H2,16,18)(H,19,20). The monoisotopic (exact) mass is 277 g/mol. The molecule has 1 aromatic heterocycles. The minimum Gasteiger partial charge on any atom is -0.382 e. The van der Waals surface area contributed by atoms with Crippen molar-refractivity contribution in [1.82, 2.24) is 10.3 Å². The quantitative estimate of drug-likeness (QED) is 0.368. The Morgan fingerprint density at radius 3 is 2.85 bits per heavy atom. The fraction of sp³-hybridized carbons (Fsp3) is 0.600. The number of nitrogens with two attached hydrogens (primary N) is 1. The van der Waals surface area contributed by atoms with Crippen LogP contribution in [0.25, 0.3) is 0 Å². The first-order chi connectivity index (χ1) is 9.61. The molecule has 0 saturated heterocycles. The van der Waals surface area contributed by atoms with Crippen LogP contribution in [0.15, 0.2) is 23.3 Å². The number of aromatic nitrogens is 1. The van der Waals surface area contributed by atoms with E-state index in [1.54, 1.807) is 12.5 Å². The van der Waals surface area contributed by atoms with E-state index in [0.717, 1.165) is 38.0 Å². The highest BCUT2D eigenvalue weighted by atomic mass is 15.0. The Bertz CT molecular complexity index is 418. The summed E-state index contributed by atoms with van der Waals surface area (Å²) in [5, 5.41) is 6.52. The number of aliphatic imine (C=N–C) groups is 1. The van der Waals surface area contributed by atoms with Crippen LogP contribution in [-0.4, -0.2) is 30.0 Å². The van der Waals surface area contributed by atoms with Gasteiger partial charge in [0.25, 0.3) is 0 Å². The third kappa shape index (κ3) is 5.57. The molecule has 4 N–H and O–H groups in total. The summed E-state index contributed by atoms with van der Waals surface area (Å²) in [6.45, 7) is 8.56. The van der Waals surface area contributed by atoms with Gasteiger partial charge in [0.15, 0.2) is 0 Å². The van der Waals surface area contributed by atoms with Gasteiger partial charge in [0.2, 0.25) is 0 Å². The second kappa shape index (κ2) is 8.53. The summed E-state index contributed by atoms with van der Waals surface area (Å²) in [7, 11) is 0. The van der Waals surface area contributed by atoms with E-state index in [-0.39, 0.29) is 5.54 Å². The summed E-state index contributed by atoms with van der Waals surface area (Å²) < 4.78 is 0. The van der Waals surface area contributed by atoms with Crippen LogP contribution >= 0.6 is 0 Å². The average Bonchev–Trinajstić information content (AvgIpc) is 2.46. The SMILES string of the molecule is CCCNCCC(C)(CC)N=CNc1cccnc1N. The molecule has 5 heteroatoms. The van der Waals surface area contributed by atoms with Gasteiger partial charge in [0, 0.05) is 6.20 Å². The highest BCUT2D eigenvalue weighted by Gasteiger charge is 2.19. The molecule has 0 saturated carbocycles. The lowest BCUT2D eigenvalue weighted by atomic mass is 9.95. The molecule has 0 fully saturated rings. The maximum Gasteiger partial charge on any atom is 0.147 e. The number of rotatable bonds is 9. The summed E-state index contributed by atoms with van der Waals surface area (Å²) >= 11 is 0. The van der Waals surface area contributed by atoms with E-state index in [1.807, 2.05) is 12.1 Å². The van der Waals surface area contributed by atoms with Crippen LogP contribution in [0.1, 0.15) is 40.0 Å². The van der Waals surface area contributed by atoms with E-state index in [1.165, 1.54) is 0 Å². The first kappa shape index (κ1) is 16.4. The molecule has 0 aromatic carbocycles. The van der Waals surface area contributed by atoms with Gasteiger partial charge in [-0.3, -0.25) is 4.99 Å². The third-order valence-electron chi connectivity index (χ3n) is 3.46. The number of pyridine rings is 1. The topological polar surface area (TPSA) is 75.3 Å². The van der Waals surface area contributed by atoms with Crippen LogP contribution in [0.4, 0.5) is 11.5 Å². The van der Waals surface area contributed by atoms with E-state index in [2.05, 4.69) is 41.4 Å². The molecule has 0 bridgehead atoms. The van der Waals surface area contributed by atoms with Gasteiger partial charge >= 0.3 is 0 Å². The van der Waals surface area contributed by atoms with Crippen LogP contribution in [0.3, 0.4) is 0 Å². The molecule has 0 amide bonds. The molecule has 1 aromatic rings. The normalized spacial score (nSPS) is 14.3. The first-order valence-corrected chi connectivity index (χ1v) is 7.32. The maximum absolute atomic E-state index is 5.77. The number of anilines is 2. The number of hydrogen-bond acceptors (Lipinski definition) is 4. The molecule has 0 radical (unpaired) electrons. The van der Waals surface area contributed by atoms with Crippen LogP contribution in [-0.2, 0) is 0 Å². The molecule has 1 unspecified atom stereocenters. The lowest BCUT2D eigenvalue weighted by molar-refractivity contribution is 0.410. The van der Waals surface area contributed by atoms with Gasteiger partial charge in [-0.25, -0.2) is 4.98 Å². The minimum atomic E-state index is -0.0509. The molecular formula is C15H27N5. The number of hydrogen-bond donors (Lipinski definition) is 3. The van der Waals surface area contributed by atoms with Gasteiger partial charge < -0.3 is 16.4 Å². The van der Waals surface area contributed by atoms with Crippen LogP contribution in [0.5, 0.6) is 0 Å². The zero-order valence-corrected chi connectivity index (χ0v) is 12.8. The van der Waals surface area contributed by atoms with Crippen molar-refractivity contribution >= 4 is 17.8 Å². The zero-order chi connectivity index (χ0) is 14.8. The van der Waals surface area contributed by atoms with Gasteiger partial charge in [-0.1, -0.05) is 13.8 Å². The fourth-order valence-electron chi connectivity index (χ4n) is 1.79. The van der Waals surface area contributed by atoms with Crippen molar-refractivity contribution in [3.05, 3.63) is 18.3 Å². The molecule has 1 atom stereocenters. The molecule has 0 aliphatic rings. The van der Waals surface area contributed by atoms with Crippen LogP contribution < -0.4 is 16.4 Å². The zero-order valence-electron chi connectivity index (χ0n) is 12.8. The van der Waals surface area contributed by atoms with Gasteiger partial charge in [0.1, 0.15) is 5.82 Å². The maximum atomic E-state index is 5.77. The van der Waals surface area contributed by atoms with Crippen molar-refractivity contribution in [2.45, 2.75) is 45.6 Å². The molecule has 20 heavy (non-hydrogen) atoms. The average molecular weight is 277 g/mol. The van der Waals surface area contributed by atoms with Crippen molar-refractivity contribution in [3.8, 4) is 0 Å². The van der Waals surface area contributed by atoms with Crippen LogP contribution in [0.2, 0.25) is 0 Å². The number of nitrogens with one attached hydrogen (secondary N) is 2. The Morgan fingerprint density at radius 2 is 2.20 bits per heavy atom. The van der Waals surface area contributed by atoms with Gasteiger partial charge in [0.05, 0.1) is 17.6 Å².